The molecule has 0 radical (unpaired) electrons. The van der Waals surface area contributed by atoms with Crippen molar-refractivity contribution in [2.75, 3.05) is 6.54 Å². The molecule has 0 aromatic carbocycles. The first-order chi connectivity index (χ1) is 5.15. The van der Waals surface area contributed by atoms with Gasteiger partial charge in [-0.05, 0) is 20.3 Å². The summed E-state index contributed by atoms with van der Waals surface area (Å²) in [5.74, 6) is 0. The van der Waals surface area contributed by atoms with Gasteiger partial charge in [0.25, 0.3) is 0 Å². The molecule has 0 aromatic heterocycles. The maximum atomic E-state index is 11.2. The molecule has 0 unspecified atom stereocenters. The average Bonchev–Trinajstić information content (AvgIpc) is 2.30. The van der Waals surface area contributed by atoms with Crippen LogP contribution in [0.15, 0.2) is 0 Å². The van der Waals surface area contributed by atoms with Crippen molar-refractivity contribution >= 4 is 6.03 Å². The van der Waals surface area contributed by atoms with E-state index in [2.05, 4.69) is 12.2 Å². The zero-order valence-electron chi connectivity index (χ0n) is 7.42. The molecule has 1 saturated heterocycles. The largest absolute Gasteiger partial charge is 0.333 e. The number of carbonyl (C=O) groups excluding carboxylic acids is 1. The van der Waals surface area contributed by atoms with Gasteiger partial charge in [-0.25, -0.2) is 4.79 Å². The smallest absolute Gasteiger partial charge is 0.317 e. The molecule has 64 valence electrons. The summed E-state index contributed by atoms with van der Waals surface area (Å²) in [5, 5.41) is 2.92. The molecule has 0 aromatic rings. The summed E-state index contributed by atoms with van der Waals surface area (Å²) in [4.78, 5) is 13.1. The Morgan fingerprint density at radius 3 is 2.64 bits per heavy atom. The van der Waals surface area contributed by atoms with Crippen molar-refractivity contribution in [3.8, 4) is 0 Å². The van der Waals surface area contributed by atoms with Gasteiger partial charge in [0.2, 0.25) is 0 Å². The van der Waals surface area contributed by atoms with Gasteiger partial charge in [-0.15, -0.1) is 0 Å². The topological polar surface area (TPSA) is 32.3 Å². The molecule has 1 N–H and O–H groups in total. The first-order valence-corrected chi connectivity index (χ1v) is 4.22. The standard InChI is InChI=1S/C8H16N2O/c1-4-7-5-10(6(2)3)8(11)9-7/h6-7H,4-5H2,1-3H3,(H,9,11)/t7-/m1/s1. The predicted octanol–water partition coefficient (Wildman–Crippen LogP) is 1.20. The maximum absolute atomic E-state index is 11.2. The highest BCUT2D eigenvalue weighted by atomic mass is 16.2. The van der Waals surface area contributed by atoms with Gasteiger partial charge in [-0.2, -0.15) is 0 Å². The summed E-state index contributed by atoms with van der Waals surface area (Å²) in [6.45, 7) is 7.04. The Labute approximate surface area is 67.8 Å². The lowest BCUT2D eigenvalue weighted by Gasteiger charge is -2.18. The van der Waals surface area contributed by atoms with Gasteiger partial charge in [-0.1, -0.05) is 6.92 Å². The van der Waals surface area contributed by atoms with Crippen molar-refractivity contribution in [1.29, 1.82) is 0 Å². The van der Waals surface area contributed by atoms with Crippen LogP contribution in [-0.4, -0.2) is 29.6 Å². The van der Waals surface area contributed by atoms with Gasteiger partial charge in [0.15, 0.2) is 0 Å². The highest BCUT2D eigenvalue weighted by molar-refractivity contribution is 5.77. The minimum Gasteiger partial charge on any atom is -0.333 e. The molecule has 1 rings (SSSR count). The molecule has 3 nitrogen and oxygen atoms in total. The third-order valence-electron chi connectivity index (χ3n) is 2.12. The van der Waals surface area contributed by atoms with E-state index >= 15 is 0 Å². The van der Waals surface area contributed by atoms with Crippen molar-refractivity contribution in [3.05, 3.63) is 0 Å². The Morgan fingerprint density at radius 2 is 2.36 bits per heavy atom. The van der Waals surface area contributed by atoms with Crippen LogP contribution in [0.3, 0.4) is 0 Å². The number of nitrogens with one attached hydrogen (secondary N) is 1. The molecule has 0 spiro atoms. The van der Waals surface area contributed by atoms with Crippen LogP contribution in [0, 0.1) is 0 Å². The number of urea groups is 1. The predicted molar refractivity (Wildman–Crippen MR) is 44.5 cm³/mol. The van der Waals surface area contributed by atoms with Gasteiger partial charge in [0, 0.05) is 18.6 Å². The highest BCUT2D eigenvalue weighted by Gasteiger charge is 2.28. The number of nitrogens with zero attached hydrogens (tertiary/aromatic N) is 1. The molecule has 11 heavy (non-hydrogen) atoms. The zero-order chi connectivity index (χ0) is 8.43. The van der Waals surface area contributed by atoms with E-state index in [1.54, 1.807) is 0 Å². The molecule has 1 aliphatic rings. The third kappa shape index (κ3) is 1.64. The van der Waals surface area contributed by atoms with E-state index in [1.807, 2.05) is 18.7 Å². The minimum atomic E-state index is 0.0897. The van der Waals surface area contributed by atoms with Crippen LogP contribution >= 0.6 is 0 Å². The Bertz CT molecular complexity index is 156. The quantitative estimate of drug-likeness (QED) is 0.640. The number of amides is 2. The van der Waals surface area contributed by atoms with E-state index in [9.17, 15) is 4.79 Å². The van der Waals surface area contributed by atoms with Gasteiger partial charge in [0.1, 0.15) is 0 Å². The van der Waals surface area contributed by atoms with Gasteiger partial charge >= 0.3 is 6.03 Å². The van der Waals surface area contributed by atoms with Gasteiger partial charge < -0.3 is 10.2 Å². The van der Waals surface area contributed by atoms with Crippen LogP contribution in [0.4, 0.5) is 4.79 Å². The Hall–Kier alpha value is -0.730. The molecule has 1 atom stereocenters. The van der Waals surface area contributed by atoms with Crippen LogP contribution in [0.1, 0.15) is 27.2 Å². The lowest BCUT2D eigenvalue weighted by molar-refractivity contribution is 0.206. The summed E-state index contributed by atoms with van der Waals surface area (Å²) < 4.78 is 0. The van der Waals surface area contributed by atoms with Crippen LogP contribution in [-0.2, 0) is 0 Å². The van der Waals surface area contributed by atoms with Crippen LogP contribution in [0.25, 0.3) is 0 Å². The fourth-order valence-electron chi connectivity index (χ4n) is 1.30. The maximum Gasteiger partial charge on any atom is 0.317 e. The molecule has 2 amide bonds. The fourth-order valence-corrected chi connectivity index (χ4v) is 1.30. The molecular formula is C8H16N2O. The highest BCUT2D eigenvalue weighted by Crippen LogP contribution is 2.09. The van der Waals surface area contributed by atoms with E-state index in [4.69, 9.17) is 0 Å². The molecule has 0 aliphatic carbocycles. The molecule has 1 heterocycles. The summed E-state index contributed by atoms with van der Waals surface area (Å²) in [5.41, 5.74) is 0. The molecule has 0 bridgehead atoms. The molecular weight excluding hydrogens is 140 g/mol. The van der Waals surface area contributed by atoms with Crippen molar-refractivity contribution in [1.82, 2.24) is 10.2 Å². The Balaban J connectivity index is 2.52. The number of rotatable bonds is 2. The van der Waals surface area contributed by atoms with E-state index in [1.165, 1.54) is 0 Å². The third-order valence-corrected chi connectivity index (χ3v) is 2.12. The minimum absolute atomic E-state index is 0.0897. The van der Waals surface area contributed by atoms with Gasteiger partial charge in [-0.3, -0.25) is 0 Å². The average molecular weight is 156 g/mol. The van der Waals surface area contributed by atoms with E-state index in [-0.39, 0.29) is 6.03 Å². The zero-order valence-corrected chi connectivity index (χ0v) is 7.42. The first-order valence-electron chi connectivity index (χ1n) is 4.22. The fraction of sp³-hybridized carbons (Fsp3) is 0.875. The lowest BCUT2D eigenvalue weighted by Crippen LogP contribution is -2.33. The van der Waals surface area contributed by atoms with E-state index in [0.29, 0.717) is 12.1 Å². The lowest BCUT2D eigenvalue weighted by atomic mass is 10.2. The number of hydrogen-bond donors (Lipinski definition) is 1. The van der Waals surface area contributed by atoms with Crippen LogP contribution in [0.2, 0.25) is 0 Å². The summed E-state index contributed by atoms with van der Waals surface area (Å²) in [6, 6.07) is 0.781. The molecule has 0 saturated carbocycles. The molecule has 3 heteroatoms. The summed E-state index contributed by atoms with van der Waals surface area (Å²) in [7, 11) is 0. The first kappa shape index (κ1) is 8.37. The Morgan fingerprint density at radius 1 is 1.73 bits per heavy atom. The monoisotopic (exact) mass is 156 g/mol. The van der Waals surface area contributed by atoms with Crippen LogP contribution in [0.5, 0.6) is 0 Å². The summed E-state index contributed by atoms with van der Waals surface area (Å²) in [6.07, 6.45) is 1.02. The van der Waals surface area contributed by atoms with Crippen molar-refractivity contribution < 1.29 is 4.79 Å². The normalized spacial score (nSPS) is 24.5. The molecule has 1 aliphatic heterocycles. The van der Waals surface area contributed by atoms with Crippen LogP contribution < -0.4 is 5.32 Å². The van der Waals surface area contributed by atoms with Gasteiger partial charge in [0.05, 0.1) is 0 Å². The number of hydrogen-bond acceptors (Lipinski definition) is 1. The Kier molecular flexibility index (Phi) is 2.37. The number of carbonyl (C=O) groups is 1. The van der Waals surface area contributed by atoms with Crippen molar-refractivity contribution in [3.63, 3.8) is 0 Å². The second-order valence-corrected chi connectivity index (χ2v) is 3.30. The van der Waals surface area contributed by atoms with E-state index < -0.39 is 0 Å². The second kappa shape index (κ2) is 3.11. The SMILES string of the molecule is CC[C@@H]1CN(C(C)C)C(=O)N1. The van der Waals surface area contributed by atoms with Crippen molar-refractivity contribution in [2.45, 2.75) is 39.3 Å². The van der Waals surface area contributed by atoms with E-state index in [0.717, 1.165) is 13.0 Å². The van der Waals surface area contributed by atoms with Crippen molar-refractivity contribution in [2.24, 2.45) is 0 Å². The second-order valence-electron chi connectivity index (χ2n) is 3.30. The summed E-state index contributed by atoms with van der Waals surface area (Å²) >= 11 is 0. The molecule has 1 fully saturated rings.